The van der Waals surface area contributed by atoms with Gasteiger partial charge in [-0.15, -0.1) is 0 Å². The summed E-state index contributed by atoms with van der Waals surface area (Å²) in [7, 11) is 0. The zero-order valence-corrected chi connectivity index (χ0v) is 10.7. The average molecular weight is 282 g/mol. The zero-order valence-electron chi connectivity index (χ0n) is 9.15. The first-order chi connectivity index (χ1) is 8.56. The first-order valence-corrected chi connectivity index (χ1v) is 5.87. The fraction of sp³-hybridized carbons (Fsp3) is 0. The third-order valence-electron chi connectivity index (χ3n) is 2.29. The maximum Gasteiger partial charge on any atom is 0.259 e. The van der Waals surface area contributed by atoms with Crippen molar-refractivity contribution in [3.8, 4) is 5.75 Å². The van der Waals surface area contributed by atoms with Crippen molar-refractivity contribution in [3.63, 3.8) is 0 Å². The van der Waals surface area contributed by atoms with Gasteiger partial charge in [-0.3, -0.25) is 4.79 Å². The van der Waals surface area contributed by atoms with Gasteiger partial charge in [0, 0.05) is 15.7 Å². The van der Waals surface area contributed by atoms with Crippen molar-refractivity contribution in [2.45, 2.75) is 0 Å². The van der Waals surface area contributed by atoms with E-state index in [0.717, 1.165) is 0 Å². The van der Waals surface area contributed by atoms with Gasteiger partial charge in [0.05, 0.1) is 5.56 Å². The molecule has 0 saturated carbocycles. The van der Waals surface area contributed by atoms with Crippen LogP contribution in [0.4, 0.5) is 5.69 Å². The number of carbonyl (C=O) groups excluding carboxylic acids is 1. The molecular weight excluding hydrogens is 273 g/mol. The summed E-state index contributed by atoms with van der Waals surface area (Å²) in [5.41, 5.74) is 0.661. The van der Waals surface area contributed by atoms with Crippen molar-refractivity contribution in [1.82, 2.24) is 0 Å². The summed E-state index contributed by atoms with van der Waals surface area (Å²) in [6.45, 7) is 0. The van der Waals surface area contributed by atoms with Gasteiger partial charge >= 0.3 is 0 Å². The second-order valence-corrected chi connectivity index (χ2v) is 4.50. The van der Waals surface area contributed by atoms with Crippen LogP contribution < -0.4 is 5.32 Å². The Kier molecular flexibility index (Phi) is 3.75. The van der Waals surface area contributed by atoms with Crippen LogP contribution in [0.1, 0.15) is 10.4 Å². The van der Waals surface area contributed by atoms with Gasteiger partial charge in [-0.25, -0.2) is 0 Å². The van der Waals surface area contributed by atoms with Crippen LogP contribution in [0.5, 0.6) is 5.75 Å². The molecule has 0 aliphatic carbocycles. The molecule has 0 saturated heterocycles. The van der Waals surface area contributed by atoms with Crippen molar-refractivity contribution < 1.29 is 9.90 Å². The van der Waals surface area contributed by atoms with E-state index >= 15 is 0 Å². The van der Waals surface area contributed by atoms with E-state index in [4.69, 9.17) is 23.2 Å². The zero-order chi connectivity index (χ0) is 13.1. The molecule has 1 amide bonds. The number of amides is 1. The number of carbonyl (C=O) groups is 1. The third-order valence-corrected chi connectivity index (χ3v) is 2.76. The summed E-state index contributed by atoms with van der Waals surface area (Å²) in [4.78, 5) is 11.9. The molecular formula is C13H9Cl2NO2. The summed E-state index contributed by atoms with van der Waals surface area (Å²) in [6, 6.07) is 11.0. The minimum Gasteiger partial charge on any atom is -0.507 e. The average Bonchev–Trinajstić information content (AvgIpc) is 2.32. The van der Waals surface area contributed by atoms with Crippen molar-refractivity contribution in [2.75, 3.05) is 5.32 Å². The molecule has 0 aliphatic rings. The second kappa shape index (κ2) is 5.29. The molecule has 92 valence electrons. The van der Waals surface area contributed by atoms with Crippen molar-refractivity contribution in [3.05, 3.63) is 58.1 Å². The standard InChI is InChI=1S/C13H9Cl2NO2/c14-8-2-1-3-10(6-8)16-13(18)11-7-9(15)4-5-12(11)17/h1-7,17H,(H,16,18). The van der Waals surface area contributed by atoms with E-state index < -0.39 is 5.91 Å². The van der Waals surface area contributed by atoms with Gasteiger partial charge in [0.25, 0.3) is 5.91 Å². The Morgan fingerprint density at radius 1 is 1.06 bits per heavy atom. The number of aromatic hydroxyl groups is 1. The van der Waals surface area contributed by atoms with Crippen molar-refractivity contribution in [2.24, 2.45) is 0 Å². The number of hydrogen-bond donors (Lipinski definition) is 2. The topological polar surface area (TPSA) is 49.3 Å². The molecule has 5 heteroatoms. The Morgan fingerprint density at radius 3 is 2.50 bits per heavy atom. The Labute approximate surface area is 114 Å². The van der Waals surface area contributed by atoms with Crippen LogP contribution in [0.25, 0.3) is 0 Å². The Bertz CT molecular complexity index is 599. The molecule has 2 rings (SSSR count). The van der Waals surface area contributed by atoms with Gasteiger partial charge in [-0.05, 0) is 36.4 Å². The molecule has 0 heterocycles. The van der Waals surface area contributed by atoms with Gasteiger partial charge in [0.15, 0.2) is 0 Å². The van der Waals surface area contributed by atoms with Crippen LogP contribution in [0.2, 0.25) is 10.0 Å². The lowest BCUT2D eigenvalue weighted by Gasteiger charge is -2.07. The van der Waals surface area contributed by atoms with E-state index in [1.165, 1.54) is 18.2 Å². The molecule has 0 aliphatic heterocycles. The van der Waals surface area contributed by atoms with E-state index in [1.54, 1.807) is 24.3 Å². The number of hydrogen-bond acceptors (Lipinski definition) is 2. The van der Waals surface area contributed by atoms with Crippen LogP contribution in [0.3, 0.4) is 0 Å². The van der Waals surface area contributed by atoms with E-state index in [0.29, 0.717) is 15.7 Å². The van der Waals surface area contributed by atoms with Gasteiger partial charge in [0.2, 0.25) is 0 Å². The Morgan fingerprint density at radius 2 is 1.78 bits per heavy atom. The number of phenols is 1. The monoisotopic (exact) mass is 281 g/mol. The Hall–Kier alpha value is -1.71. The highest BCUT2D eigenvalue weighted by atomic mass is 35.5. The summed E-state index contributed by atoms with van der Waals surface area (Å²) in [6.07, 6.45) is 0. The predicted molar refractivity (Wildman–Crippen MR) is 72.5 cm³/mol. The molecule has 0 atom stereocenters. The van der Waals surface area contributed by atoms with Gasteiger partial charge in [-0.2, -0.15) is 0 Å². The first kappa shape index (κ1) is 12.7. The lowest BCUT2D eigenvalue weighted by molar-refractivity contribution is 0.102. The van der Waals surface area contributed by atoms with E-state index in [2.05, 4.69) is 5.32 Å². The molecule has 0 aromatic heterocycles. The minimum absolute atomic E-state index is 0.113. The first-order valence-electron chi connectivity index (χ1n) is 5.12. The summed E-state index contributed by atoms with van der Waals surface area (Å²) in [5.74, 6) is -0.573. The minimum atomic E-state index is -0.447. The maximum absolute atomic E-state index is 11.9. The lowest BCUT2D eigenvalue weighted by atomic mass is 10.2. The van der Waals surface area contributed by atoms with Crippen LogP contribution in [0, 0.1) is 0 Å². The smallest absolute Gasteiger partial charge is 0.259 e. The highest BCUT2D eigenvalue weighted by Gasteiger charge is 2.11. The largest absolute Gasteiger partial charge is 0.507 e. The fourth-order valence-corrected chi connectivity index (χ4v) is 1.82. The van der Waals surface area contributed by atoms with Crippen molar-refractivity contribution >= 4 is 34.8 Å². The van der Waals surface area contributed by atoms with E-state index in [1.807, 2.05) is 0 Å². The third kappa shape index (κ3) is 2.94. The molecule has 3 nitrogen and oxygen atoms in total. The molecule has 0 fully saturated rings. The summed E-state index contributed by atoms with van der Waals surface area (Å²) < 4.78 is 0. The number of nitrogens with one attached hydrogen (secondary N) is 1. The van der Waals surface area contributed by atoms with Gasteiger partial charge in [-0.1, -0.05) is 29.3 Å². The summed E-state index contributed by atoms with van der Waals surface area (Å²) >= 11 is 11.6. The highest BCUT2D eigenvalue weighted by molar-refractivity contribution is 6.31. The number of halogens is 2. The van der Waals surface area contributed by atoms with Crippen molar-refractivity contribution in [1.29, 1.82) is 0 Å². The number of phenolic OH excluding ortho intramolecular Hbond substituents is 1. The normalized spacial score (nSPS) is 10.1. The predicted octanol–water partition coefficient (Wildman–Crippen LogP) is 3.95. The molecule has 2 aromatic carbocycles. The Balaban J connectivity index is 2.24. The van der Waals surface area contributed by atoms with Crippen LogP contribution in [0.15, 0.2) is 42.5 Å². The van der Waals surface area contributed by atoms with Gasteiger partial charge in [0.1, 0.15) is 5.75 Å². The van der Waals surface area contributed by atoms with E-state index in [-0.39, 0.29) is 11.3 Å². The van der Waals surface area contributed by atoms with E-state index in [9.17, 15) is 9.90 Å². The molecule has 2 aromatic rings. The molecule has 0 bridgehead atoms. The molecule has 18 heavy (non-hydrogen) atoms. The van der Waals surface area contributed by atoms with Crippen LogP contribution in [-0.2, 0) is 0 Å². The number of rotatable bonds is 2. The second-order valence-electron chi connectivity index (χ2n) is 3.63. The molecule has 0 spiro atoms. The SMILES string of the molecule is O=C(Nc1cccc(Cl)c1)c1cc(Cl)ccc1O. The molecule has 0 unspecified atom stereocenters. The molecule has 2 N–H and O–H groups in total. The maximum atomic E-state index is 11.9. The van der Waals surface area contributed by atoms with Crippen LogP contribution >= 0.6 is 23.2 Å². The lowest BCUT2D eigenvalue weighted by Crippen LogP contribution is -2.12. The summed E-state index contributed by atoms with van der Waals surface area (Å²) in [5, 5.41) is 13.1. The number of anilines is 1. The van der Waals surface area contributed by atoms with Gasteiger partial charge < -0.3 is 10.4 Å². The van der Waals surface area contributed by atoms with Crippen LogP contribution in [-0.4, -0.2) is 11.0 Å². The molecule has 0 radical (unpaired) electrons. The fourth-order valence-electron chi connectivity index (χ4n) is 1.45. The highest BCUT2D eigenvalue weighted by Crippen LogP contribution is 2.23. The number of benzene rings is 2. The quantitative estimate of drug-likeness (QED) is 0.876.